The Morgan fingerprint density at radius 1 is 1.22 bits per heavy atom. The number of benzene rings is 1. The second kappa shape index (κ2) is 4.49. The lowest BCUT2D eigenvalue weighted by molar-refractivity contribution is 0.297. The third-order valence-electron chi connectivity index (χ3n) is 2.86. The van der Waals surface area contributed by atoms with Crippen molar-refractivity contribution in [1.82, 2.24) is 4.98 Å². The Kier molecular flexibility index (Phi) is 2.83. The number of thiazole rings is 1. The van der Waals surface area contributed by atoms with E-state index in [0.29, 0.717) is 13.2 Å². The Balaban J connectivity index is 2.06. The quantitative estimate of drug-likeness (QED) is 0.860. The van der Waals surface area contributed by atoms with Gasteiger partial charge in [-0.1, -0.05) is 11.3 Å². The van der Waals surface area contributed by atoms with E-state index in [9.17, 15) is 4.79 Å². The molecule has 0 amide bonds. The number of hydrogen-bond donors (Lipinski definition) is 1. The molecule has 94 valence electrons. The molecule has 3 rings (SSSR count). The fraction of sp³-hybridized carbons (Fsp3) is 0.308. The molecular weight excluding hydrogens is 250 g/mol. The molecule has 2 heterocycles. The molecule has 5 heteroatoms. The first kappa shape index (κ1) is 11.3. The minimum Gasteiger partial charge on any atom is -0.490 e. The predicted molar refractivity (Wildman–Crippen MR) is 70.7 cm³/mol. The fourth-order valence-corrected chi connectivity index (χ4v) is 2.70. The molecule has 0 fully saturated rings. The van der Waals surface area contributed by atoms with E-state index in [2.05, 4.69) is 4.98 Å². The lowest BCUT2D eigenvalue weighted by atomic mass is 10.1. The highest BCUT2D eigenvalue weighted by molar-refractivity contribution is 7.09. The van der Waals surface area contributed by atoms with Gasteiger partial charge >= 0.3 is 4.87 Å². The molecule has 1 N–H and O–H groups in total. The molecule has 0 saturated heterocycles. The highest BCUT2D eigenvalue weighted by Gasteiger charge is 2.13. The van der Waals surface area contributed by atoms with Gasteiger partial charge in [-0.15, -0.1) is 0 Å². The summed E-state index contributed by atoms with van der Waals surface area (Å²) >= 11 is 1.22. The molecular formula is C13H13NO3S. The highest BCUT2D eigenvalue weighted by Crippen LogP contribution is 2.34. The summed E-state index contributed by atoms with van der Waals surface area (Å²) < 4.78 is 11.2. The van der Waals surface area contributed by atoms with Crippen LogP contribution in [0.25, 0.3) is 11.3 Å². The first-order valence-electron chi connectivity index (χ1n) is 5.84. The Hall–Kier alpha value is -1.75. The molecule has 18 heavy (non-hydrogen) atoms. The summed E-state index contributed by atoms with van der Waals surface area (Å²) in [5.74, 6) is 1.52. The third kappa shape index (κ3) is 2.01. The number of ether oxygens (including phenoxy) is 2. The van der Waals surface area contributed by atoms with Crippen LogP contribution in [0, 0.1) is 6.92 Å². The van der Waals surface area contributed by atoms with Gasteiger partial charge in [-0.2, -0.15) is 0 Å². The van der Waals surface area contributed by atoms with Crippen LogP contribution >= 0.6 is 11.3 Å². The molecule has 0 bridgehead atoms. The Labute approximate surface area is 108 Å². The van der Waals surface area contributed by atoms with Crippen molar-refractivity contribution in [2.24, 2.45) is 0 Å². The van der Waals surface area contributed by atoms with Gasteiger partial charge in [0.25, 0.3) is 0 Å². The Bertz CT molecular complexity index is 629. The normalized spacial score (nSPS) is 14.3. The standard InChI is InChI=1S/C13H13NO3S/c1-8-12(14-13(15)18-8)9-3-4-10-11(7-9)17-6-2-5-16-10/h3-4,7H,2,5-6H2,1H3,(H,14,15). The molecule has 1 aliphatic rings. The van der Waals surface area contributed by atoms with Gasteiger partial charge in [0.2, 0.25) is 0 Å². The second-order valence-electron chi connectivity index (χ2n) is 4.16. The third-order valence-corrected chi connectivity index (χ3v) is 3.66. The highest BCUT2D eigenvalue weighted by atomic mass is 32.1. The number of H-pyrrole nitrogens is 1. The Morgan fingerprint density at radius 3 is 2.72 bits per heavy atom. The van der Waals surface area contributed by atoms with Crippen molar-refractivity contribution in [3.05, 3.63) is 32.7 Å². The number of nitrogens with one attached hydrogen (secondary N) is 1. The number of rotatable bonds is 1. The largest absolute Gasteiger partial charge is 0.490 e. The SMILES string of the molecule is Cc1sc(=O)[nH]c1-c1ccc2c(c1)OCCCO2. The molecule has 0 unspecified atom stereocenters. The smallest absolute Gasteiger partial charge is 0.305 e. The summed E-state index contributed by atoms with van der Waals surface area (Å²) in [6.07, 6.45) is 0.887. The summed E-state index contributed by atoms with van der Waals surface area (Å²) in [4.78, 5) is 15.1. The monoisotopic (exact) mass is 263 g/mol. The van der Waals surface area contributed by atoms with Gasteiger partial charge < -0.3 is 14.5 Å². The maximum atomic E-state index is 11.3. The van der Waals surface area contributed by atoms with E-state index < -0.39 is 0 Å². The van der Waals surface area contributed by atoms with E-state index in [1.807, 2.05) is 25.1 Å². The van der Waals surface area contributed by atoms with E-state index in [4.69, 9.17) is 9.47 Å². The molecule has 4 nitrogen and oxygen atoms in total. The van der Waals surface area contributed by atoms with Gasteiger partial charge in [0.05, 0.1) is 18.9 Å². The first-order chi connectivity index (χ1) is 8.74. The Morgan fingerprint density at radius 2 is 2.00 bits per heavy atom. The van der Waals surface area contributed by atoms with Gasteiger partial charge in [-0.3, -0.25) is 4.79 Å². The van der Waals surface area contributed by atoms with E-state index in [0.717, 1.165) is 34.1 Å². The lowest BCUT2D eigenvalue weighted by Crippen LogP contribution is -1.97. The minimum absolute atomic E-state index is 0.0328. The van der Waals surface area contributed by atoms with Crippen molar-refractivity contribution < 1.29 is 9.47 Å². The summed E-state index contributed by atoms with van der Waals surface area (Å²) in [5.41, 5.74) is 1.82. The fourth-order valence-electron chi connectivity index (χ4n) is 2.00. The zero-order valence-corrected chi connectivity index (χ0v) is 10.8. The second-order valence-corrected chi connectivity index (χ2v) is 5.34. The molecule has 1 aromatic carbocycles. The van der Waals surface area contributed by atoms with E-state index in [1.54, 1.807) is 0 Å². The van der Waals surface area contributed by atoms with E-state index in [1.165, 1.54) is 11.3 Å². The van der Waals surface area contributed by atoms with Crippen molar-refractivity contribution in [2.75, 3.05) is 13.2 Å². The van der Waals surface area contributed by atoms with Crippen LogP contribution in [0.15, 0.2) is 23.0 Å². The molecule has 0 atom stereocenters. The van der Waals surface area contributed by atoms with Crippen molar-refractivity contribution in [1.29, 1.82) is 0 Å². The number of aromatic nitrogens is 1. The molecule has 1 aliphatic heterocycles. The van der Waals surface area contributed by atoms with Crippen LogP contribution in [0.2, 0.25) is 0 Å². The minimum atomic E-state index is -0.0328. The first-order valence-corrected chi connectivity index (χ1v) is 6.65. The van der Waals surface area contributed by atoms with Crippen LogP contribution in [0.3, 0.4) is 0 Å². The maximum Gasteiger partial charge on any atom is 0.305 e. The number of aromatic amines is 1. The predicted octanol–water partition coefficient (Wildman–Crippen LogP) is 2.57. The number of aryl methyl sites for hydroxylation is 1. The van der Waals surface area contributed by atoms with Crippen LogP contribution < -0.4 is 14.3 Å². The van der Waals surface area contributed by atoms with Crippen LogP contribution in [-0.4, -0.2) is 18.2 Å². The zero-order valence-electron chi connectivity index (χ0n) is 9.99. The summed E-state index contributed by atoms with van der Waals surface area (Å²) in [5, 5.41) is 0. The van der Waals surface area contributed by atoms with Gasteiger partial charge in [-0.05, 0) is 25.1 Å². The van der Waals surface area contributed by atoms with Crippen LogP contribution in [0.5, 0.6) is 11.5 Å². The molecule has 2 aromatic rings. The van der Waals surface area contributed by atoms with Crippen molar-refractivity contribution in [2.45, 2.75) is 13.3 Å². The average molecular weight is 263 g/mol. The summed E-state index contributed by atoms with van der Waals surface area (Å²) in [7, 11) is 0. The zero-order chi connectivity index (χ0) is 12.5. The van der Waals surface area contributed by atoms with Gasteiger partial charge in [0.15, 0.2) is 11.5 Å². The molecule has 0 aliphatic carbocycles. The lowest BCUT2D eigenvalue weighted by Gasteiger charge is -2.08. The van der Waals surface area contributed by atoms with Gasteiger partial charge in [0, 0.05) is 16.9 Å². The molecule has 0 radical (unpaired) electrons. The maximum absolute atomic E-state index is 11.3. The van der Waals surface area contributed by atoms with Crippen LogP contribution in [0.1, 0.15) is 11.3 Å². The van der Waals surface area contributed by atoms with Crippen LogP contribution in [0.4, 0.5) is 0 Å². The van der Waals surface area contributed by atoms with Crippen LogP contribution in [-0.2, 0) is 0 Å². The molecule has 1 aromatic heterocycles. The van der Waals surface area contributed by atoms with Gasteiger partial charge in [0.1, 0.15) is 0 Å². The molecule has 0 spiro atoms. The van der Waals surface area contributed by atoms with Crippen molar-refractivity contribution in [3.8, 4) is 22.8 Å². The van der Waals surface area contributed by atoms with E-state index >= 15 is 0 Å². The summed E-state index contributed by atoms with van der Waals surface area (Å²) in [6.45, 7) is 3.27. The topological polar surface area (TPSA) is 51.3 Å². The van der Waals surface area contributed by atoms with Gasteiger partial charge in [-0.25, -0.2) is 0 Å². The van der Waals surface area contributed by atoms with E-state index in [-0.39, 0.29) is 4.87 Å². The summed E-state index contributed by atoms with van der Waals surface area (Å²) in [6, 6.07) is 5.76. The molecule has 0 saturated carbocycles. The van der Waals surface area contributed by atoms with Crippen molar-refractivity contribution >= 4 is 11.3 Å². The number of fused-ring (bicyclic) bond motifs is 1. The average Bonchev–Trinajstić information content (AvgIpc) is 2.58. The number of hydrogen-bond acceptors (Lipinski definition) is 4. The van der Waals surface area contributed by atoms with Crippen molar-refractivity contribution in [3.63, 3.8) is 0 Å².